The van der Waals surface area contributed by atoms with E-state index in [9.17, 15) is 0 Å². The van der Waals surface area contributed by atoms with Crippen LogP contribution in [0.15, 0.2) is 61.2 Å². The molecule has 4 heterocycles. The van der Waals surface area contributed by atoms with Crippen molar-refractivity contribution in [1.82, 2.24) is 18.8 Å². The van der Waals surface area contributed by atoms with Gasteiger partial charge in [-0.15, -0.1) is 0 Å². The van der Waals surface area contributed by atoms with Crippen molar-refractivity contribution in [2.24, 2.45) is 17.5 Å². The molecule has 0 aliphatic heterocycles. The lowest BCUT2D eigenvalue weighted by Crippen LogP contribution is -2.06. The van der Waals surface area contributed by atoms with Crippen molar-refractivity contribution in [2.75, 3.05) is 5.43 Å². The van der Waals surface area contributed by atoms with Gasteiger partial charge in [0.25, 0.3) is 0 Å². The van der Waals surface area contributed by atoms with Gasteiger partial charge in [-0.05, 0) is 31.2 Å². The van der Waals surface area contributed by atoms with Crippen LogP contribution in [0.3, 0.4) is 0 Å². The van der Waals surface area contributed by atoms with Crippen molar-refractivity contribution in [3.05, 3.63) is 66.9 Å². The Morgan fingerprint density at radius 3 is 1.84 bits per heavy atom. The van der Waals surface area contributed by atoms with Crippen LogP contribution in [0.25, 0.3) is 11.3 Å². The van der Waals surface area contributed by atoms with Crippen molar-refractivity contribution in [3.63, 3.8) is 0 Å². The first kappa shape index (κ1) is 22.1. The van der Waals surface area contributed by atoms with E-state index in [1.54, 1.807) is 0 Å². The number of aromatic nitrogens is 4. The van der Waals surface area contributed by atoms with Crippen LogP contribution >= 0.6 is 0 Å². The monoisotopic (exact) mass is 344 g/mol. The molecule has 0 atom stereocenters. The summed E-state index contributed by atoms with van der Waals surface area (Å²) < 4.78 is 3.91. The lowest BCUT2D eigenvalue weighted by atomic mass is 10.5. The molecule has 0 aliphatic carbocycles. The van der Waals surface area contributed by atoms with E-state index in [1.807, 2.05) is 76.9 Å². The van der Waals surface area contributed by atoms with Crippen molar-refractivity contribution < 1.29 is 0 Å². The van der Waals surface area contributed by atoms with Gasteiger partial charge in [-0.1, -0.05) is 27.0 Å². The smallest absolute Gasteiger partial charge is 0.159 e. The first-order valence-corrected chi connectivity index (χ1v) is 6.90. The van der Waals surface area contributed by atoms with Gasteiger partial charge in [0.15, 0.2) is 5.82 Å². The summed E-state index contributed by atoms with van der Waals surface area (Å²) in [6, 6.07) is 11.8. The number of imidazole rings is 2. The third-order valence-electron chi connectivity index (χ3n) is 3.00. The van der Waals surface area contributed by atoms with Crippen LogP contribution in [-0.4, -0.2) is 18.8 Å². The van der Waals surface area contributed by atoms with Crippen LogP contribution in [0.1, 0.15) is 20.5 Å². The fourth-order valence-corrected chi connectivity index (χ4v) is 2.07. The minimum atomic E-state index is 0. The number of pyridine rings is 2. The average molecular weight is 344 g/mol. The minimum Gasteiger partial charge on any atom is -0.307 e. The highest BCUT2D eigenvalue weighted by molar-refractivity contribution is 5.47. The standard InChI is InChI=1S/C8H8N2.C7H8N4.2CH4.H4N2/c1-7-6-10-5-3-2-4-8(10)9-7;8-10-6-5-11-4-2-1-3-7(11)9-6;;;1-2/h2-6H,1H3;1-5,10H,8H2;2*1H4;1-2H2. The van der Waals surface area contributed by atoms with Crippen LogP contribution in [0.5, 0.6) is 0 Å². The maximum absolute atomic E-state index is 5.19. The van der Waals surface area contributed by atoms with E-state index in [2.05, 4.69) is 27.1 Å². The Balaban J connectivity index is 0.000000392. The summed E-state index contributed by atoms with van der Waals surface area (Å²) in [6.45, 7) is 1.99. The Morgan fingerprint density at radius 2 is 1.36 bits per heavy atom. The van der Waals surface area contributed by atoms with E-state index in [4.69, 9.17) is 5.84 Å². The summed E-state index contributed by atoms with van der Waals surface area (Å²) in [5, 5.41) is 0. The normalized spacial score (nSPS) is 8.96. The molecule has 0 spiro atoms. The number of rotatable bonds is 1. The maximum Gasteiger partial charge on any atom is 0.159 e. The van der Waals surface area contributed by atoms with Crippen molar-refractivity contribution in [2.45, 2.75) is 21.8 Å². The van der Waals surface area contributed by atoms with Gasteiger partial charge in [-0.3, -0.25) is 11.7 Å². The molecule has 0 aliphatic rings. The van der Waals surface area contributed by atoms with Crippen LogP contribution in [-0.2, 0) is 0 Å². The first-order valence-electron chi connectivity index (χ1n) is 6.90. The summed E-state index contributed by atoms with van der Waals surface area (Å²) >= 11 is 0. The van der Waals surface area contributed by atoms with E-state index < -0.39 is 0 Å². The van der Waals surface area contributed by atoms with Gasteiger partial charge in [-0.2, -0.15) is 0 Å². The molecular formula is C17H28N8. The Labute approximate surface area is 148 Å². The third-order valence-corrected chi connectivity index (χ3v) is 3.00. The molecule has 8 heteroatoms. The van der Waals surface area contributed by atoms with Crippen LogP contribution in [0.4, 0.5) is 5.82 Å². The molecule has 0 saturated heterocycles. The Hall–Kier alpha value is -2.94. The summed E-state index contributed by atoms with van der Waals surface area (Å²) in [4.78, 5) is 8.43. The largest absolute Gasteiger partial charge is 0.307 e. The molecule has 4 aromatic rings. The number of hydrogen-bond acceptors (Lipinski definition) is 6. The van der Waals surface area contributed by atoms with E-state index in [1.165, 1.54) is 0 Å². The van der Waals surface area contributed by atoms with Crippen molar-refractivity contribution >= 4 is 17.1 Å². The van der Waals surface area contributed by atoms with E-state index in [0.29, 0.717) is 5.82 Å². The fraction of sp³-hybridized carbons (Fsp3) is 0.176. The zero-order valence-electron chi connectivity index (χ0n) is 12.8. The molecule has 7 N–H and O–H groups in total. The van der Waals surface area contributed by atoms with Gasteiger partial charge >= 0.3 is 0 Å². The van der Waals surface area contributed by atoms with E-state index in [0.717, 1.165) is 17.0 Å². The number of hydrazine groups is 2. The number of nitrogen functional groups attached to an aromatic ring is 1. The van der Waals surface area contributed by atoms with Gasteiger partial charge in [0, 0.05) is 18.6 Å². The second kappa shape index (κ2) is 10.8. The Kier molecular flexibility index (Phi) is 9.50. The molecule has 0 aromatic carbocycles. The minimum absolute atomic E-state index is 0. The predicted molar refractivity (Wildman–Crippen MR) is 105 cm³/mol. The van der Waals surface area contributed by atoms with Gasteiger partial charge in [0.1, 0.15) is 11.3 Å². The summed E-state index contributed by atoms with van der Waals surface area (Å²) in [5.74, 6) is 13.9. The molecule has 0 fully saturated rings. The maximum atomic E-state index is 5.19. The number of nitrogens with zero attached hydrogens (tertiary/aromatic N) is 4. The van der Waals surface area contributed by atoms with Crippen molar-refractivity contribution in [1.29, 1.82) is 0 Å². The summed E-state index contributed by atoms with van der Waals surface area (Å²) in [7, 11) is 0. The molecule has 4 rings (SSSR count). The zero-order chi connectivity index (χ0) is 16.7. The number of fused-ring (bicyclic) bond motifs is 2. The molecule has 0 radical (unpaired) electrons. The quantitative estimate of drug-likeness (QED) is 0.310. The highest BCUT2D eigenvalue weighted by Gasteiger charge is 1.95. The number of hydrogen-bond donors (Lipinski definition) is 4. The highest BCUT2D eigenvalue weighted by Crippen LogP contribution is 2.06. The van der Waals surface area contributed by atoms with Crippen LogP contribution in [0.2, 0.25) is 0 Å². The third kappa shape index (κ3) is 5.57. The van der Waals surface area contributed by atoms with E-state index >= 15 is 0 Å². The molecule has 0 unspecified atom stereocenters. The van der Waals surface area contributed by atoms with Gasteiger partial charge < -0.3 is 14.2 Å². The molecular weight excluding hydrogens is 316 g/mol. The second-order valence-electron chi connectivity index (χ2n) is 4.58. The number of anilines is 1. The zero-order valence-corrected chi connectivity index (χ0v) is 12.8. The SMILES string of the molecule is C.C.Cc1cn2ccccc2n1.NN.NNc1cn2ccccc2n1. The molecule has 8 nitrogen and oxygen atoms in total. The predicted octanol–water partition coefficient (Wildman–Crippen LogP) is 2.35. The van der Waals surface area contributed by atoms with Gasteiger partial charge in [-0.25, -0.2) is 15.8 Å². The Morgan fingerprint density at radius 1 is 0.840 bits per heavy atom. The number of aryl methyl sites for hydroxylation is 1. The molecule has 0 amide bonds. The fourth-order valence-electron chi connectivity index (χ4n) is 2.07. The van der Waals surface area contributed by atoms with Crippen molar-refractivity contribution in [3.8, 4) is 0 Å². The molecule has 0 bridgehead atoms. The van der Waals surface area contributed by atoms with Crippen LogP contribution in [0, 0.1) is 6.92 Å². The van der Waals surface area contributed by atoms with E-state index in [-0.39, 0.29) is 14.9 Å². The lowest BCUT2D eigenvalue weighted by molar-refractivity contribution is 1.18. The number of nitrogens with two attached hydrogens (primary N) is 3. The summed E-state index contributed by atoms with van der Waals surface area (Å²) in [5.41, 5.74) is 5.45. The topological polar surface area (TPSA) is 125 Å². The highest BCUT2D eigenvalue weighted by atomic mass is 15.3. The second-order valence-corrected chi connectivity index (χ2v) is 4.58. The first-order chi connectivity index (χ1) is 11.3. The molecule has 0 saturated carbocycles. The Bertz CT molecular complexity index is 799. The van der Waals surface area contributed by atoms with Gasteiger partial charge in [0.05, 0.1) is 11.9 Å². The molecule has 25 heavy (non-hydrogen) atoms. The van der Waals surface area contributed by atoms with Gasteiger partial charge in [0.2, 0.25) is 0 Å². The number of nitrogens with one attached hydrogen (secondary N) is 1. The lowest BCUT2D eigenvalue weighted by Gasteiger charge is -1.86. The average Bonchev–Trinajstić information content (AvgIpc) is 3.18. The van der Waals surface area contributed by atoms with Crippen LogP contribution < -0.4 is 23.0 Å². The summed E-state index contributed by atoms with van der Waals surface area (Å²) in [6.07, 6.45) is 7.75. The molecule has 4 aromatic heterocycles. The molecule has 136 valence electrons.